The molecule has 20 heavy (non-hydrogen) atoms. The Morgan fingerprint density at radius 1 is 1.30 bits per heavy atom. The van der Waals surface area contributed by atoms with E-state index in [2.05, 4.69) is 4.90 Å². The third kappa shape index (κ3) is 2.87. The van der Waals surface area contributed by atoms with Gasteiger partial charge in [-0.05, 0) is 36.6 Å². The van der Waals surface area contributed by atoms with E-state index in [-0.39, 0.29) is 5.57 Å². The number of hydrogen-bond acceptors (Lipinski definition) is 4. The third-order valence-corrected chi connectivity index (χ3v) is 3.61. The molecular formula is C15H14ClN3O. The van der Waals surface area contributed by atoms with Crippen molar-refractivity contribution >= 4 is 23.4 Å². The van der Waals surface area contributed by atoms with E-state index >= 15 is 0 Å². The molecule has 1 aliphatic rings. The van der Waals surface area contributed by atoms with Crippen molar-refractivity contribution in [3.05, 3.63) is 28.3 Å². The number of methoxy groups -OCH3 is 1. The molecule has 0 amide bonds. The molecule has 0 atom stereocenters. The third-order valence-electron chi connectivity index (χ3n) is 3.29. The highest BCUT2D eigenvalue weighted by Gasteiger charge is 2.18. The largest absolute Gasteiger partial charge is 0.495 e. The molecule has 102 valence electrons. The lowest BCUT2D eigenvalue weighted by Crippen LogP contribution is -2.18. The summed E-state index contributed by atoms with van der Waals surface area (Å²) in [5.41, 5.74) is 1.59. The Morgan fingerprint density at radius 2 is 1.95 bits per heavy atom. The van der Waals surface area contributed by atoms with Crippen molar-refractivity contribution in [1.82, 2.24) is 0 Å². The van der Waals surface area contributed by atoms with Crippen molar-refractivity contribution in [2.75, 3.05) is 25.1 Å². The second-order valence-corrected chi connectivity index (χ2v) is 4.93. The number of anilines is 1. The molecule has 0 aromatic heterocycles. The van der Waals surface area contributed by atoms with Gasteiger partial charge in [-0.15, -0.1) is 0 Å². The Balaban J connectivity index is 2.45. The fraction of sp³-hybridized carbons (Fsp3) is 0.333. The lowest BCUT2D eigenvalue weighted by atomic mass is 10.1. The van der Waals surface area contributed by atoms with Crippen LogP contribution >= 0.6 is 11.6 Å². The summed E-state index contributed by atoms with van der Waals surface area (Å²) in [6, 6.07) is 7.26. The molecule has 0 saturated carbocycles. The van der Waals surface area contributed by atoms with Crippen molar-refractivity contribution in [2.24, 2.45) is 0 Å². The first kappa shape index (κ1) is 14.2. The van der Waals surface area contributed by atoms with Crippen LogP contribution in [0.2, 0.25) is 5.02 Å². The Labute approximate surface area is 123 Å². The molecule has 5 heteroatoms. The lowest BCUT2D eigenvalue weighted by molar-refractivity contribution is 0.415. The summed E-state index contributed by atoms with van der Waals surface area (Å²) in [5, 5.41) is 18.1. The molecule has 0 aliphatic carbocycles. The van der Waals surface area contributed by atoms with Gasteiger partial charge in [0.1, 0.15) is 23.5 Å². The SMILES string of the molecule is COc1cc(C=C(C#N)C#N)c(Cl)cc1N1CCCC1. The van der Waals surface area contributed by atoms with Gasteiger partial charge in [0.05, 0.1) is 17.8 Å². The second-order valence-electron chi connectivity index (χ2n) is 4.52. The van der Waals surface area contributed by atoms with Gasteiger partial charge in [-0.1, -0.05) is 11.6 Å². The van der Waals surface area contributed by atoms with E-state index in [1.54, 1.807) is 13.2 Å². The summed E-state index contributed by atoms with van der Waals surface area (Å²) in [6.07, 6.45) is 3.80. The van der Waals surface area contributed by atoms with Gasteiger partial charge in [-0.2, -0.15) is 10.5 Å². The van der Waals surface area contributed by atoms with Gasteiger partial charge in [-0.25, -0.2) is 0 Å². The Hall–Kier alpha value is -2.17. The van der Waals surface area contributed by atoms with Crippen LogP contribution in [0, 0.1) is 22.7 Å². The van der Waals surface area contributed by atoms with Crippen LogP contribution in [0.5, 0.6) is 5.75 Å². The number of rotatable bonds is 3. The summed E-state index contributed by atoms with van der Waals surface area (Å²) < 4.78 is 5.41. The highest BCUT2D eigenvalue weighted by atomic mass is 35.5. The molecule has 1 aromatic carbocycles. The minimum absolute atomic E-state index is 0.0166. The number of benzene rings is 1. The Kier molecular flexibility index (Phi) is 4.50. The zero-order chi connectivity index (χ0) is 14.5. The summed E-state index contributed by atoms with van der Waals surface area (Å²) in [6.45, 7) is 1.98. The maximum absolute atomic E-state index is 8.81. The zero-order valence-electron chi connectivity index (χ0n) is 11.2. The van der Waals surface area contributed by atoms with Gasteiger partial charge in [0.15, 0.2) is 0 Å². The molecule has 0 spiro atoms. The van der Waals surface area contributed by atoms with Crippen LogP contribution in [0.25, 0.3) is 6.08 Å². The number of allylic oxidation sites excluding steroid dienone is 1. The zero-order valence-corrected chi connectivity index (χ0v) is 11.9. The van der Waals surface area contributed by atoms with E-state index in [1.807, 2.05) is 18.2 Å². The summed E-state index contributed by atoms with van der Waals surface area (Å²) >= 11 is 6.25. The molecule has 0 radical (unpaired) electrons. The molecule has 1 aromatic rings. The van der Waals surface area contributed by atoms with E-state index in [0.29, 0.717) is 16.3 Å². The molecule has 2 rings (SSSR count). The number of hydrogen-bond donors (Lipinski definition) is 0. The standard InChI is InChI=1S/C15H14ClN3O/c1-20-15-7-12(6-11(9-17)10-18)13(16)8-14(15)19-4-2-3-5-19/h6-8H,2-5H2,1H3. The van der Waals surface area contributed by atoms with Gasteiger partial charge < -0.3 is 9.64 Å². The van der Waals surface area contributed by atoms with Crippen molar-refractivity contribution in [2.45, 2.75) is 12.8 Å². The predicted octanol–water partition coefficient (Wildman–Crippen LogP) is 3.38. The maximum Gasteiger partial charge on any atom is 0.142 e. The molecule has 4 nitrogen and oxygen atoms in total. The summed E-state index contributed by atoms with van der Waals surface area (Å²) in [5.74, 6) is 0.706. The van der Waals surface area contributed by atoms with E-state index in [4.69, 9.17) is 26.9 Å². The minimum Gasteiger partial charge on any atom is -0.495 e. The molecule has 1 saturated heterocycles. The van der Waals surface area contributed by atoms with E-state index in [9.17, 15) is 0 Å². The van der Waals surface area contributed by atoms with Crippen LogP contribution in [0.15, 0.2) is 17.7 Å². The van der Waals surface area contributed by atoms with Crippen molar-refractivity contribution in [1.29, 1.82) is 10.5 Å². The average Bonchev–Trinajstić information content (AvgIpc) is 2.99. The fourth-order valence-electron chi connectivity index (χ4n) is 2.28. The molecular weight excluding hydrogens is 274 g/mol. The maximum atomic E-state index is 8.81. The molecule has 1 heterocycles. The van der Waals surface area contributed by atoms with Crippen LogP contribution in [-0.2, 0) is 0 Å². The van der Waals surface area contributed by atoms with Crippen molar-refractivity contribution < 1.29 is 4.74 Å². The van der Waals surface area contributed by atoms with Crippen LogP contribution in [-0.4, -0.2) is 20.2 Å². The van der Waals surface area contributed by atoms with E-state index < -0.39 is 0 Å². The number of nitrogens with zero attached hydrogens (tertiary/aromatic N) is 3. The summed E-state index contributed by atoms with van der Waals surface area (Å²) in [4.78, 5) is 2.23. The van der Waals surface area contributed by atoms with Crippen LogP contribution < -0.4 is 9.64 Å². The van der Waals surface area contributed by atoms with Gasteiger partial charge in [0, 0.05) is 13.1 Å². The second kappa shape index (κ2) is 6.32. The van der Waals surface area contributed by atoms with Crippen LogP contribution in [0.4, 0.5) is 5.69 Å². The highest BCUT2D eigenvalue weighted by molar-refractivity contribution is 6.32. The number of halogens is 1. The molecule has 0 bridgehead atoms. The van der Waals surface area contributed by atoms with Gasteiger partial charge in [-0.3, -0.25) is 0 Å². The summed E-state index contributed by atoms with van der Waals surface area (Å²) in [7, 11) is 1.60. The van der Waals surface area contributed by atoms with Crippen molar-refractivity contribution in [3.63, 3.8) is 0 Å². The number of nitriles is 2. The smallest absolute Gasteiger partial charge is 0.142 e. The normalized spacial score (nSPS) is 13.5. The predicted molar refractivity (Wildman–Crippen MR) is 78.7 cm³/mol. The lowest BCUT2D eigenvalue weighted by Gasteiger charge is -2.21. The first-order chi connectivity index (χ1) is 9.69. The minimum atomic E-state index is 0.0166. The van der Waals surface area contributed by atoms with Crippen LogP contribution in [0.3, 0.4) is 0 Å². The monoisotopic (exact) mass is 287 g/mol. The van der Waals surface area contributed by atoms with Gasteiger partial charge in [0.25, 0.3) is 0 Å². The Morgan fingerprint density at radius 3 is 2.50 bits per heavy atom. The quantitative estimate of drug-likeness (QED) is 0.800. The van der Waals surface area contributed by atoms with Gasteiger partial charge in [0.2, 0.25) is 0 Å². The van der Waals surface area contributed by atoms with Crippen molar-refractivity contribution in [3.8, 4) is 17.9 Å². The molecule has 0 unspecified atom stereocenters. The fourth-order valence-corrected chi connectivity index (χ4v) is 2.50. The molecule has 0 N–H and O–H groups in total. The van der Waals surface area contributed by atoms with E-state index in [1.165, 1.54) is 6.08 Å². The van der Waals surface area contributed by atoms with E-state index in [0.717, 1.165) is 31.6 Å². The van der Waals surface area contributed by atoms with Crippen LogP contribution in [0.1, 0.15) is 18.4 Å². The molecule has 1 aliphatic heterocycles. The Bertz CT molecular complexity index is 603. The first-order valence-corrected chi connectivity index (χ1v) is 6.71. The molecule has 1 fully saturated rings. The first-order valence-electron chi connectivity index (χ1n) is 6.34. The van der Waals surface area contributed by atoms with Gasteiger partial charge >= 0.3 is 0 Å². The topological polar surface area (TPSA) is 60.0 Å². The average molecular weight is 288 g/mol. The highest BCUT2D eigenvalue weighted by Crippen LogP contribution is 2.36. The number of ether oxygens (including phenoxy) is 1.